The number of carbonyl (C=O) groups is 1. The zero-order valence-electron chi connectivity index (χ0n) is 15.9. The number of aromatic nitrogens is 2. The summed E-state index contributed by atoms with van der Waals surface area (Å²) in [5, 5.41) is 10.8. The third kappa shape index (κ3) is 3.14. The standard InChI is InChI=1S/C24H21N3O2/c25-22-19(16-6-7-16)13-26-23(21(22)24(28)29)18-8-9-20-17(12-18)10-11-27(20)14-15-4-2-1-3-5-15/h1-5,8-13,16H,6-7,14H2,(H2,25,26)(H,28,29). The van der Waals surface area contributed by atoms with E-state index in [0.29, 0.717) is 17.3 Å². The molecule has 3 N–H and O–H groups in total. The first-order valence-corrected chi connectivity index (χ1v) is 9.76. The van der Waals surface area contributed by atoms with Crippen molar-refractivity contribution in [2.75, 3.05) is 5.73 Å². The second-order valence-corrected chi connectivity index (χ2v) is 7.63. The van der Waals surface area contributed by atoms with Gasteiger partial charge in [0.25, 0.3) is 0 Å². The number of nitrogen functional groups attached to an aromatic ring is 1. The van der Waals surface area contributed by atoms with Crippen molar-refractivity contribution in [3.63, 3.8) is 0 Å². The highest BCUT2D eigenvalue weighted by molar-refractivity contribution is 6.01. The highest BCUT2D eigenvalue weighted by Gasteiger charge is 2.30. The molecule has 0 spiro atoms. The lowest BCUT2D eigenvalue weighted by Gasteiger charge is -2.13. The van der Waals surface area contributed by atoms with E-state index in [0.717, 1.165) is 41.4 Å². The average molecular weight is 383 g/mol. The van der Waals surface area contributed by atoms with Crippen LogP contribution in [0.15, 0.2) is 67.0 Å². The molecule has 0 amide bonds. The molecular formula is C24H21N3O2. The summed E-state index contributed by atoms with van der Waals surface area (Å²) in [6.45, 7) is 0.783. The Hall–Kier alpha value is -3.60. The van der Waals surface area contributed by atoms with Gasteiger partial charge in [0.05, 0.1) is 11.4 Å². The van der Waals surface area contributed by atoms with Crippen LogP contribution in [0, 0.1) is 0 Å². The van der Waals surface area contributed by atoms with E-state index < -0.39 is 5.97 Å². The van der Waals surface area contributed by atoms with Gasteiger partial charge in [-0.15, -0.1) is 0 Å². The number of hydrogen-bond acceptors (Lipinski definition) is 3. The Bertz CT molecular complexity index is 1220. The molecule has 1 aliphatic rings. The molecule has 5 nitrogen and oxygen atoms in total. The van der Waals surface area contributed by atoms with Crippen LogP contribution in [0.5, 0.6) is 0 Å². The third-order valence-electron chi connectivity index (χ3n) is 5.62. The van der Waals surface area contributed by atoms with Crippen molar-refractivity contribution < 1.29 is 9.90 Å². The van der Waals surface area contributed by atoms with Crippen molar-refractivity contribution in [2.45, 2.75) is 25.3 Å². The fourth-order valence-electron chi connectivity index (χ4n) is 3.96. The molecule has 0 atom stereocenters. The molecule has 2 aromatic heterocycles. The average Bonchev–Trinajstić information content (AvgIpc) is 3.49. The maximum atomic E-state index is 12.0. The summed E-state index contributed by atoms with van der Waals surface area (Å²) in [5.74, 6) is -0.682. The second kappa shape index (κ2) is 6.78. The van der Waals surface area contributed by atoms with E-state index in [1.807, 2.05) is 42.5 Å². The lowest BCUT2D eigenvalue weighted by Crippen LogP contribution is -2.09. The van der Waals surface area contributed by atoms with E-state index in [4.69, 9.17) is 5.73 Å². The molecule has 4 aromatic rings. The Morgan fingerprint density at radius 2 is 1.93 bits per heavy atom. The number of anilines is 1. The molecule has 0 unspecified atom stereocenters. The number of benzene rings is 2. The number of nitrogens with zero attached hydrogens (tertiary/aromatic N) is 2. The van der Waals surface area contributed by atoms with Gasteiger partial charge in [-0.2, -0.15) is 0 Å². The molecule has 1 fully saturated rings. The number of carboxylic acid groups (broad SMARTS) is 1. The number of nitrogens with two attached hydrogens (primary N) is 1. The van der Waals surface area contributed by atoms with Gasteiger partial charge in [0.1, 0.15) is 5.56 Å². The number of carboxylic acids is 1. The van der Waals surface area contributed by atoms with Gasteiger partial charge in [0, 0.05) is 35.4 Å². The molecular weight excluding hydrogens is 362 g/mol. The Kier molecular flexibility index (Phi) is 4.09. The molecule has 144 valence electrons. The van der Waals surface area contributed by atoms with E-state index in [2.05, 4.69) is 27.9 Å². The predicted octanol–water partition coefficient (Wildman–Crippen LogP) is 4.91. The quantitative estimate of drug-likeness (QED) is 0.513. The third-order valence-corrected chi connectivity index (χ3v) is 5.62. The summed E-state index contributed by atoms with van der Waals surface area (Å²) in [7, 11) is 0. The maximum Gasteiger partial charge on any atom is 0.340 e. The highest BCUT2D eigenvalue weighted by atomic mass is 16.4. The highest BCUT2D eigenvalue weighted by Crippen LogP contribution is 2.44. The van der Waals surface area contributed by atoms with Crippen LogP contribution < -0.4 is 5.73 Å². The first kappa shape index (κ1) is 17.5. The summed E-state index contributed by atoms with van der Waals surface area (Å²) in [6.07, 6.45) is 5.90. The Morgan fingerprint density at radius 3 is 2.66 bits per heavy atom. The van der Waals surface area contributed by atoms with E-state index in [-0.39, 0.29) is 5.56 Å². The van der Waals surface area contributed by atoms with Crippen LogP contribution in [-0.4, -0.2) is 20.6 Å². The number of aromatic carboxylic acids is 1. The van der Waals surface area contributed by atoms with Gasteiger partial charge in [-0.3, -0.25) is 4.98 Å². The van der Waals surface area contributed by atoms with E-state index in [1.165, 1.54) is 5.56 Å². The van der Waals surface area contributed by atoms with Crippen LogP contribution in [0.25, 0.3) is 22.2 Å². The zero-order valence-corrected chi connectivity index (χ0v) is 15.9. The van der Waals surface area contributed by atoms with Crippen molar-refractivity contribution in [1.29, 1.82) is 0 Å². The van der Waals surface area contributed by atoms with Crippen LogP contribution in [-0.2, 0) is 6.54 Å². The van der Waals surface area contributed by atoms with Gasteiger partial charge in [-0.25, -0.2) is 4.79 Å². The van der Waals surface area contributed by atoms with E-state index in [9.17, 15) is 9.90 Å². The molecule has 0 bridgehead atoms. The van der Waals surface area contributed by atoms with Gasteiger partial charge in [0.2, 0.25) is 0 Å². The van der Waals surface area contributed by atoms with Crippen LogP contribution >= 0.6 is 0 Å². The summed E-state index contributed by atoms with van der Waals surface area (Å²) in [5.41, 5.74) is 11.1. The zero-order chi connectivity index (χ0) is 20.0. The Balaban J connectivity index is 1.56. The predicted molar refractivity (Wildman–Crippen MR) is 114 cm³/mol. The Morgan fingerprint density at radius 1 is 1.14 bits per heavy atom. The van der Waals surface area contributed by atoms with Gasteiger partial charge in [0.15, 0.2) is 0 Å². The minimum Gasteiger partial charge on any atom is -0.478 e. The molecule has 5 heteroatoms. The van der Waals surface area contributed by atoms with Crippen molar-refractivity contribution in [3.05, 3.63) is 83.7 Å². The van der Waals surface area contributed by atoms with Gasteiger partial charge in [-0.1, -0.05) is 36.4 Å². The van der Waals surface area contributed by atoms with Gasteiger partial charge < -0.3 is 15.4 Å². The van der Waals surface area contributed by atoms with Crippen LogP contribution in [0.4, 0.5) is 5.69 Å². The lowest BCUT2D eigenvalue weighted by molar-refractivity contribution is 0.0698. The lowest BCUT2D eigenvalue weighted by atomic mass is 9.99. The second-order valence-electron chi connectivity index (χ2n) is 7.63. The fraction of sp³-hybridized carbons (Fsp3) is 0.167. The molecule has 2 aromatic carbocycles. The summed E-state index contributed by atoms with van der Waals surface area (Å²) >= 11 is 0. The fourth-order valence-corrected chi connectivity index (χ4v) is 3.96. The number of pyridine rings is 1. The number of rotatable bonds is 5. The van der Waals surface area contributed by atoms with E-state index >= 15 is 0 Å². The molecule has 1 aliphatic carbocycles. The summed E-state index contributed by atoms with van der Waals surface area (Å²) in [4.78, 5) is 16.5. The molecule has 0 saturated heterocycles. The monoisotopic (exact) mass is 383 g/mol. The normalized spacial score (nSPS) is 13.7. The summed E-state index contributed by atoms with van der Waals surface area (Å²) < 4.78 is 2.19. The summed E-state index contributed by atoms with van der Waals surface area (Å²) in [6, 6.07) is 18.3. The van der Waals surface area contributed by atoms with Crippen LogP contribution in [0.1, 0.15) is 40.2 Å². The molecule has 0 aliphatic heterocycles. The molecule has 0 radical (unpaired) electrons. The minimum atomic E-state index is -1.03. The molecule has 1 saturated carbocycles. The van der Waals surface area contributed by atoms with Crippen molar-refractivity contribution in [1.82, 2.24) is 9.55 Å². The molecule has 2 heterocycles. The number of fused-ring (bicyclic) bond motifs is 1. The molecule has 5 rings (SSSR count). The first-order valence-electron chi connectivity index (χ1n) is 9.76. The largest absolute Gasteiger partial charge is 0.478 e. The van der Waals surface area contributed by atoms with E-state index in [1.54, 1.807) is 6.20 Å². The smallest absolute Gasteiger partial charge is 0.340 e. The van der Waals surface area contributed by atoms with Crippen LogP contribution in [0.2, 0.25) is 0 Å². The van der Waals surface area contributed by atoms with Gasteiger partial charge in [-0.05, 0) is 48.1 Å². The number of hydrogen-bond donors (Lipinski definition) is 2. The van der Waals surface area contributed by atoms with Gasteiger partial charge >= 0.3 is 5.97 Å². The first-order chi connectivity index (χ1) is 14.1. The van der Waals surface area contributed by atoms with Crippen molar-refractivity contribution in [2.24, 2.45) is 0 Å². The van der Waals surface area contributed by atoms with Crippen LogP contribution in [0.3, 0.4) is 0 Å². The topological polar surface area (TPSA) is 81.1 Å². The minimum absolute atomic E-state index is 0.109. The SMILES string of the molecule is Nc1c(C2CC2)cnc(-c2ccc3c(ccn3Cc3ccccc3)c2)c1C(=O)O. The van der Waals surface area contributed by atoms with Crippen molar-refractivity contribution in [3.8, 4) is 11.3 Å². The van der Waals surface area contributed by atoms with Crippen molar-refractivity contribution >= 4 is 22.6 Å². The Labute approximate surface area is 168 Å². The maximum absolute atomic E-state index is 12.0. The molecule has 29 heavy (non-hydrogen) atoms.